The molecule has 0 saturated carbocycles. The van der Waals surface area contributed by atoms with Gasteiger partial charge in [0.15, 0.2) is 26.5 Å². The van der Waals surface area contributed by atoms with E-state index in [1.807, 2.05) is 6.92 Å². The van der Waals surface area contributed by atoms with Crippen LogP contribution in [0.1, 0.15) is 17.3 Å². The average Bonchev–Trinajstić information content (AvgIpc) is 3.03. The van der Waals surface area contributed by atoms with Gasteiger partial charge in [0.05, 0.1) is 33.3 Å². The number of hydrogen-bond donors (Lipinski definition) is 1. The summed E-state index contributed by atoms with van der Waals surface area (Å²) in [5.41, 5.74) is 0.974. The molecule has 0 unspecified atom stereocenters. The lowest BCUT2D eigenvalue weighted by atomic mass is 10.2. The highest BCUT2D eigenvalue weighted by Gasteiger charge is 2.17. The van der Waals surface area contributed by atoms with Crippen molar-refractivity contribution in [3.05, 3.63) is 40.4 Å². The van der Waals surface area contributed by atoms with Crippen LogP contribution in [-0.2, 0) is 9.84 Å². The molecule has 0 saturated heterocycles. The number of thiazole rings is 1. The number of rotatable bonds is 6. The number of benzene rings is 2. The second-order valence-electron chi connectivity index (χ2n) is 5.80. The first-order valence-corrected chi connectivity index (χ1v) is 11.7. The van der Waals surface area contributed by atoms with Gasteiger partial charge in [0.1, 0.15) is 0 Å². The van der Waals surface area contributed by atoms with Gasteiger partial charge in [0.2, 0.25) is 0 Å². The molecule has 0 aliphatic rings. The predicted molar refractivity (Wildman–Crippen MR) is 113 cm³/mol. The second-order valence-corrected chi connectivity index (χ2v) is 9.70. The lowest BCUT2D eigenvalue weighted by Crippen LogP contribution is -2.12. The maximum atomic E-state index is 12.6. The molecule has 3 rings (SSSR count). The van der Waals surface area contributed by atoms with E-state index in [9.17, 15) is 13.2 Å². The van der Waals surface area contributed by atoms with E-state index >= 15 is 0 Å². The van der Waals surface area contributed by atoms with Gasteiger partial charge in [0, 0.05) is 11.8 Å². The molecule has 1 N–H and O–H groups in total. The summed E-state index contributed by atoms with van der Waals surface area (Å²) >= 11 is 4.59. The number of nitrogens with zero attached hydrogens (tertiary/aromatic N) is 1. The van der Waals surface area contributed by atoms with E-state index < -0.39 is 9.84 Å². The molecule has 1 amide bonds. The summed E-state index contributed by atoms with van der Waals surface area (Å²) in [6.45, 7) is 2.32. The van der Waals surface area contributed by atoms with Gasteiger partial charge in [-0.2, -0.15) is 0 Å². The van der Waals surface area contributed by atoms with Crippen LogP contribution >= 0.6 is 27.3 Å². The van der Waals surface area contributed by atoms with Gasteiger partial charge in [-0.3, -0.25) is 10.1 Å². The Morgan fingerprint density at radius 1 is 1.29 bits per heavy atom. The fourth-order valence-electron chi connectivity index (χ4n) is 2.49. The molecular formula is C18H17BrN2O5S2. The number of amides is 1. The van der Waals surface area contributed by atoms with Crippen LogP contribution < -0.4 is 14.8 Å². The summed E-state index contributed by atoms with van der Waals surface area (Å²) in [5.74, 6) is 0.586. The number of aromatic nitrogens is 1. The molecule has 0 bridgehead atoms. The van der Waals surface area contributed by atoms with Crippen LogP contribution in [0.15, 0.2) is 39.7 Å². The number of carbonyl (C=O) groups excluding carboxylic acids is 1. The van der Waals surface area contributed by atoms with Crippen molar-refractivity contribution in [2.75, 3.05) is 25.3 Å². The number of anilines is 1. The molecule has 0 atom stereocenters. The molecule has 0 radical (unpaired) electrons. The van der Waals surface area contributed by atoms with Crippen LogP contribution in [-0.4, -0.2) is 39.3 Å². The SMILES string of the molecule is CCOc1c(Br)cc(C(=O)Nc2nc3ccc(S(C)(=O)=O)cc3s2)cc1OC. The van der Waals surface area contributed by atoms with Crippen molar-refractivity contribution in [1.29, 1.82) is 0 Å². The van der Waals surface area contributed by atoms with E-state index in [0.29, 0.717) is 43.5 Å². The molecule has 7 nitrogen and oxygen atoms in total. The molecule has 10 heteroatoms. The topological polar surface area (TPSA) is 94.6 Å². The zero-order valence-electron chi connectivity index (χ0n) is 15.3. The molecule has 0 spiro atoms. The number of methoxy groups -OCH3 is 1. The van der Waals surface area contributed by atoms with Gasteiger partial charge in [-0.1, -0.05) is 11.3 Å². The minimum absolute atomic E-state index is 0.210. The van der Waals surface area contributed by atoms with Crippen LogP contribution in [0.2, 0.25) is 0 Å². The molecule has 0 aliphatic heterocycles. The summed E-state index contributed by atoms with van der Waals surface area (Å²) in [4.78, 5) is 17.2. The molecule has 2 aromatic carbocycles. The molecule has 3 aromatic rings. The fraction of sp³-hybridized carbons (Fsp3) is 0.222. The highest BCUT2D eigenvalue weighted by atomic mass is 79.9. The third-order valence-corrected chi connectivity index (χ3v) is 6.42. The van der Waals surface area contributed by atoms with Gasteiger partial charge >= 0.3 is 0 Å². The van der Waals surface area contributed by atoms with Crippen molar-refractivity contribution in [3.8, 4) is 11.5 Å². The Bertz CT molecular complexity index is 1160. The molecule has 0 fully saturated rings. The number of halogens is 1. The van der Waals surface area contributed by atoms with E-state index in [4.69, 9.17) is 9.47 Å². The summed E-state index contributed by atoms with van der Waals surface area (Å²) in [5, 5.41) is 3.11. The second kappa shape index (κ2) is 8.06. The summed E-state index contributed by atoms with van der Waals surface area (Å²) in [6.07, 6.45) is 1.15. The van der Waals surface area contributed by atoms with Crippen LogP contribution in [0.5, 0.6) is 11.5 Å². The Morgan fingerprint density at radius 3 is 2.68 bits per heavy atom. The monoisotopic (exact) mass is 484 g/mol. The highest BCUT2D eigenvalue weighted by Crippen LogP contribution is 2.37. The molecule has 0 aliphatic carbocycles. The Hall–Kier alpha value is -2.17. The largest absolute Gasteiger partial charge is 0.493 e. The molecule has 148 valence electrons. The highest BCUT2D eigenvalue weighted by molar-refractivity contribution is 9.10. The summed E-state index contributed by atoms with van der Waals surface area (Å²) in [6, 6.07) is 7.89. The van der Waals surface area contributed by atoms with E-state index in [2.05, 4.69) is 26.2 Å². The first kappa shape index (κ1) is 20.6. The minimum Gasteiger partial charge on any atom is -0.493 e. The number of ether oxygens (including phenoxy) is 2. The van der Waals surface area contributed by atoms with Gasteiger partial charge in [-0.25, -0.2) is 13.4 Å². The van der Waals surface area contributed by atoms with Gasteiger partial charge < -0.3 is 9.47 Å². The number of nitrogens with one attached hydrogen (secondary N) is 1. The van der Waals surface area contributed by atoms with Crippen LogP contribution in [0.3, 0.4) is 0 Å². The molecule has 1 heterocycles. The van der Waals surface area contributed by atoms with Crippen molar-refractivity contribution in [3.63, 3.8) is 0 Å². The summed E-state index contributed by atoms with van der Waals surface area (Å²) in [7, 11) is -1.81. The van der Waals surface area contributed by atoms with Crippen LogP contribution in [0.4, 0.5) is 5.13 Å². The molecule has 1 aromatic heterocycles. The average molecular weight is 485 g/mol. The van der Waals surface area contributed by atoms with Crippen LogP contribution in [0, 0.1) is 0 Å². The Balaban J connectivity index is 1.89. The first-order chi connectivity index (χ1) is 13.2. The number of carbonyl (C=O) groups is 1. The van der Waals surface area contributed by atoms with Crippen molar-refractivity contribution in [2.45, 2.75) is 11.8 Å². The van der Waals surface area contributed by atoms with Crippen molar-refractivity contribution < 1.29 is 22.7 Å². The lowest BCUT2D eigenvalue weighted by Gasteiger charge is -2.13. The van der Waals surface area contributed by atoms with E-state index in [1.165, 1.54) is 24.5 Å². The Kier molecular flexibility index (Phi) is 5.92. The lowest BCUT2D eigenvalue weighted by molar-refractivity contribution is 0.102. The van der Waals surface area contributed by atoms with Crippen LogP contribution in [0.25, 0.3) is 10.2 Å². The maximum Gasteiger partial charge on any atom is 0.257 e. The van der Waals surface area contributed by atoms with Gasteiger partial charge in [0.25, 0.3) is 5.91 Å². The number of hydrogen-bond acceptors (Lipinski definition) is 7. The number of fused-ring (bicyclic) bond motifs is 1. The molecule has 28 heavy (non-hydrogen) atoms. The van der Waals surface area contributed by atoms with Gasteiger partial charge in [-0.05, 0) is 53.2 Å². The van der Waals surface area contributed by atoms with Crippen molar-refractivity contribution >= 4 is 58.4 Å². The minimum atomic E-state index is -3.31. The van der Waals surface area contributed by atoms with E-state index in [-0.39, 0.29) is 10.8 Å². The Labute approximate surface area is 174 Å². The maximum absolute atomic E-state index is 12.6. The predicted octanol–water partition coefficient (Wildman–Crippen LogP) is 4.12. The normalized spacial score (nSPS) is 11.4. The van der Waals surface area contributed by atoms with E-state index in [1.54, 1.807) is 24.3 Å². The van der Waals surface area contributed by atoms with E-state index in [0.717, 1.165) is 6.26 Å². The number of sulfone groups is 1. The first-order valence-electron chi connectivity index (χ1n) is 8.15. The third-order valence-electron chi connectivity index (χ3n) is 3.79. The smallest absolute Gasteiger partial charge is 0.257 e. The Morgan fingerprint density at radius 2 is 2.04 bits per heavy atom. The van der Waals surface area contributed by atoms with Crippen molar-refractivity contribution in [1.82, 2.24) is 4.98 Å². The van der Waals surface area contributed by atoms with Gasteiger partial charge in [-0.15, -0.1) is 0 Å². The standard InChI is InChI=1S/C18H17BrN2O5S2/c1-4-26-16-12(19)7-10(8-14(16)25-2)17(22)21-18-20-13-6-5-11(28(3,23)24)9-15(13)27-18/h5-9H,4H2,1-3H3,(H,20,21,22). The molecular weight excluding hydrogens is 468 g/mol. The van der Waals surface area contributed by atoms with Crippen molar-refractivity contribution in [2.24, 2.45) is 0 Å². The fourth-order valence-corrected chi connectivity index (χ4v) is 4.67. The summed E-state index contributed by atoms with van der Waals surface area (Å²) < 4.78 is 35.5. The zero-order chi connectivity index (χ0) is 20.5. The quantitative estimate of drug-likeness (QED) is 0.565. The zero-order valence-corrected chi connectivity index (χ0v) is 18.5. The third kappa shape index (κ3) is 4.29.